The second-order valence-electron chi connectivity index (χ2n) is 5.04. The molecule has 2 N–H and O–H groups in total. The summed E-state index contributed by atoms with van der Waals surface area (Å²) < 4.78 is 11.8. The molecule has 1 fully saturated rings. The van der Waals surface area contributed by atoms with E-state index in [1.54, 1.807) is 14.2 Å². The normalized spacial score (nSPS) is 16.3. The summed E-state index contributed by atoms with van der Waals surface area (Å²) >= 11 is 3.64. The van der Waals surface area contributed by atoms with Crippen LogP contribution in [0.1, 0.15) is 31.4 Å². The van der Waals surface area contributed by atoms with Gasteiger partial charge in [0.05, 0.1) is 14.2 Å². The van der Waals surface area contributed by atoms with Gasteiger partial charge in [-0.3, -0.25) is 4.90 Å². The molecule has 1 saturated carbocycles. The molecule has 5 heteroatoms. The first-order valence-electron chi connectivity index (χ1n) is 7.03. The molecule has 0 spiro atoms. The Hall–Kier alpha value is -0.780. The van der Waals surface area contributed by atoms with Crippen molar-refractivity contribution in [2.24, 2.45) is 5.73 Å². The molecular weight excluding hydrogens is 320 g/mol. The van der Waals surface area contributed by atoms with Gasteiger partial charge in [0.25, 0.3) is 0 Å². The van der Waals surface area contributed by atoms with Crippen molar-refractivity contribution in [1.82, 2.24) is 4.90 Å². The average molecular weight is 343 g/mol. The molecule has 0 amide bonds. The predicted octanol–water partition coefficient (Wildman–Crippen LogP) is 2.95. The molecule has 4 nitrogen and oxygen atoms in total. The number of methoxy groups -OCH3 is 2. The van der Waals surface area contributed by atoms with Gasteiger partial charge in [0.15, 0.2) is 11.5 Å². The highest BCUT2D eigenvalue weighted by atomic mass is 79.9. The Morgan fingerprint density at radius 1 is 1.30 bits per heavy atom. The van der Waals surface area contributed by atoms with Gasteiger partial charge in [-0.25, -0.2) is 0 Å². The van der Waals surface area contributed by atoms with Crippen LogP contribution in [0.25, 0.3) is 0 Å². The van der Waals surface area contributed by atoms with Crippen molar-refractivity contribution < 1.29 is 9.47 Å². The largest absolute Gasteiger partial charge is 0.493 e. The number of nitrogens with zero attached hydrogens (tertiary/aromatic N) is 1. The summed E-state index contributed by atoms with van der Waals surface area (Å²) in [4.78, 5) is 2.48. The Morgan fingerprint density at radius 3 is 2.35 bits per heavy atom. The van der Waals surface area contributed by atoms with E-state index in [0.717, 1.165) is 22.5 Å². The number of benzene rings is 1. The molecule has 0 radical (unpaired) electrons. The van der Waals surface area contributed by atoms with Gasteiger partial charge in [0.2, 0.25) is 0 Å². The molecule has 2 rings (SSSR count). The number of hydrogen-bond acceptors (Lipinski definition) is 4. The van der Waals surface area contributed by atoms with E-state index in [-0.39, 0.29) is 6.04 Å². The van der Waals surface area contributed by atoms with Crippen LogP contribution in [-0.2, 0) is 0 Å². The van der Waals surface area contributed by atoms with Crippen LogP contribution in [0.2, 0.25) is 0 Å². The van der Waals surface area contributed by atoms with Crippen molar-refractivity contribution in [2.75, 3.05) is 27.3 Å². The molecule has 1 atom stereocenters. The first-order valence-corrected chi connectivity index (χ1v) is 7.82. The zero-order chi connectivity index (χ0) is 14.7. The van der Waals surface area contributed by atoms with Crippen LogP contribution in [0.4, 0.5) is 0 Å². The van der Waals surface area contributed by atoms with Gasteiger partial charge in [-0.2, -0.15) is 0 Å². The third-order valence-electron chi connectivity index (χ3n) is 3.87. The van der Waals surface area contributed by atoms with Gasteiger partial charge in [-0.15, -0.1) is 0 Å². The standard InChI is InChI=1S/C15H23BrN2O2/c1-4-18(10-5-6-10)13(9-17)11-7-14(19-2)15(20-3)8-12(11)16/h7-8,10,13H,4-6,9,17H2,1-3H3. The molecule has 0 saturated heterocycles. The zero-order valence-electron chi connectivity index (χ0n) is 12.4. The van der Waals surface area contributed by atoms with E-state index >= 15 is 0 Å². The second-order valence-corrected chi connectivity index (χ2v) is 5.90. The van der Waals surface area contributed by atoms with E-state index in [2.05, 4.69) is 27.8 Å². The molecule has 0 aliphatic heterocycles. The van der Waals surface area contributed by atoms with Crippen LogP contribution in [0.15, 0.2) is 16.6 Å². The Kier molecular flexibility index (Phi) is 5.29. The maximum atomic E-state index is 6.04. The Morgan fingerprint density at radius 2 is 1.90 bits per heavy atom. The third kappa shape index (κ3) is 3.10. The first kappa shape index (κ1) is 15.6. The van der Waals surface area contributed by atoms with Crippen molar-refractivity contribution in [3.05, 3.63) is 22.2 Å². The quantitative estimate of drug-likeness (QED) is 0.827. The van der Waals surface area contributed by atoms with Gasteiger partial charge in [-0.1, -0.05) is 22.9 Å². The Balaban J connectivity index is 2.37. The zero-order valence-corrected chi connectivity index (χ0v) is 13.9. The van der Waals surface area contributed by atoms with Crippen molar-refractivity contribution in [3.63, 3.8) is 0 Å². The second kappa shape index (κ2) is 6.78. The summed E-state index contributed by atoms with van der Waals surface area (Å²) in [5, 5.41) is 0. The van der Waals surface area contributed by atoms with Crippen molar-refractivity contribution in [2.45, 2.75) is 31.8 Å². The summed E-state index contributed by atoms with van der Waals surface area (Å²) in [6.07, 6.45) is 2.55. The van der Waals surface area contributed by atoms with Crippen LogP contribution in [0, 0.1) is 0 Å². The summed E-state index contributed by atoms with van der Waals surface area (Å²) in [7, 11) is 3.30. The predicted molar refractivity (Wildman–Crippen MR) is 84.4 cm³/mol. The molecule has 1 aromatic rings. The fourth-order valence-corrected chi connectivity index (χ4v) is 3.29. The molecule has 0 bridgehead atoms. The van der Waals surface area contributed by atoms with Crippen molar-refractivity contribution in [3.8, 4) is 11.5 Å². The van der Waals surface area contributed by atoms with Crippen LogP contribution < -0.4 is 15.2 Å². The van der Waals surface area contributed by atoms with Crippen LogP contribution in [0.3, 0.4) is 0 Å². The topological polar surface area (TPSA) is 47.7 Å². The summed E-state index contributed by atoms with van der Waals surface area (Å²) in [6, 6.07) is 4.87. The summed E-state index contributed by atoms with van der Waals surface area (Å²) in [6.45, 7) is 3.79. The lowest BCUT2D eigenvalue weighted by Gasteiger charge is -2.31. The van der Waals surface area contributed by atoms with E-state index < -0.39 is 0 Å². The molecule has 112 valence electrons. The number of nitrogens with two attached hydrogens (primary N) is 1. The van der Waals surface area contributed by atoms with E-state index in [0.29, 0.717) is 12.6 Å². The fraction of sp³-hybridized carbons (Fsp3) is 0.600. The molecule has 0 aromatic heterocycles. The van der Waals surface area contributed by atoms with Crippen LogP contribution in [-0.4, -0.2) is 38.3 Å². The molecule has 1 unspecified atom stereocenters. The van der Waals surface area contributed by atoms with Crippen LogP contribution in [0.5, 0.6) is 11.5 Å². The first-order chi connectivity index (χ1) is 9.65. The van der Waals surface area contributed by atoms with Crippen molar-refractivity contribution in [1.29, 1.82) is 0 Å². The third-order valence-corrected chi connectivity index (χ3v) is 4.55. The molecular formula is C15H23BrN2O2. The maximum Gasteiger partial charge on any atom is 0.161 e. The Labute approximate surface area is 129 Å². The molecule has 1 aliphatic carbocycles. The summed E-state index contributed by atoms with van der Waals surface area (Å²) in [5.41, 5.74) is 7.21. The molecule has 1 aliphatic rings. The molecule has 1 aromatic carbocycles. The lowest BCUT2D eigenvalue weighted by Crippen LogP contribution is -2.35. The number of halogens is 1. The number of likely N-dealkylation sites (N-methyl/N-ethyl adjacent to an activating group) is 1. The van der Waals surface area contributed by atoms with Crippen LogP contribution >= 0.6 is 15.9 Å². The number of rotatable bonds is 7. The highest BCUT2D eigenvalue weighted by Gasteiger charge is 2.34. The smallest absolute Gasteiger partial charge is 0.161 e. The minimum absolute atomic E-state index is 0.210. The Bertz CT molecular complexity index is 463. The fourth-order valence-electron chi connectivity index (χ4n) is 2.71. The lowest BCUT2D eigenvalue weighted by molar-refractivity contribution is 0.201. The van der Waals surface area contributed by atoms with E-state index in [1.807, 2.05) is 12.1 Å². The lowest BCUT2D eigenvalue weighted by atomic mass is 10.0. The number of ether oxygens (including phenoxy) is 2. The van der Waals surface area contributed by atoms with E-state index in [1.165, 1.54) is 18.4 Å². The van der Waals surface area contributed by atoms with E-state index in [4.69, 9.17) is 15.2 Å². The van der Waals surface area contributed by atoms with Gasteiger partial charge in [0, 0.05) is 23.1 Å². The van der Waals surface area contributed by atoms with Crippen molar-refractivity contribution >= 4 is 15.9 Å². The highest BCUT2D eigenvalue weighted by Crippen LogP contribution is 2.40. The minimum Gasteiger partial charge on any atom is -0.493 e. The highest BCUT2D eigenvalue weighted by molar-refractivity contribution is 9.10. The minimum atomic E-state index is 0.210. The SMILES string of the molecule is CCN(C1CC1)C(CN)c1cc(OC)c(OC)cc1Br. The monoisotopic (exact) mass is 342 g/mol. The molecule has 0 heterocycles. The molecule has 20 heavy (non-hydrogen) atoms. The number of hydrogen-bond donors (Lipinski definition) is 1. The maximum absolute atomic E-state index is 6.04. The van der Waals surface area contributed by atoms with E-state index in [9.17, 15) is 0 Å². The van der Waals surface area contributed by atoms with Gasteiger partial charge in [-0.05, 0) is 37.1 Å². The van der Waals surface area contributed by atoms with Gasteiger partial charge in [0.1, 0.15) is 0 Å². The average Bonchev–Trinajstić information content (AvgIpc) is 3.29. The van der Waals surface area contributed by atoms with Gasteiger partial charge < -0.3 is 15.2 Å². The summed E-state index contributed by atoms with van der Waals surface area (Å²) in [5.74, 6) is 1.48. The van der Waals surface area contributed by atoms with Gasteiger partial charge >= 0.3 is 0 Å².